The molecule has 0 spiro atoms. The van der Waals surface area contributed by atoms with Crippen molar-refractivity contribution in [1.29, 1.82) is 0 Å². The van der Waals surface area contributed by atoms with Gasteiger partial charge in [-0.25, -0.2) is 4.79 Å². The molecule has 5 heteroatoms. The molecule has 0 fully saturated rings. The highest BCUT2D eigenvalue weighted by molar-refractivity contribution is 5.82. The molecule has 0 heterocycles. The lowest BCUT2D eigenvalue weighted by atomic mass is 9.90. The summed E-state index contributed by atoms with van der Waals surface area (Å²) in [6, 6.07) is -1.30. The molecule has 0 aromatic heterocycles. The van der Waals surface area contributed by atoms with Crippen LogP contribution in [0.2, 0.25) is 0 Å². The van der Waals surface area contributed by atoms with Crippen molar-refractivity contribution in [2.75, 3.05) is 6.54 Å². The van der Waals surface area contributed by atoms with Gasteiger partial charge >= 0.3 is 12.0 Å². The van der Waals surface area contributed by atoms with Crippen LogP contribution in [-0.2, 0) is 4.79 Å². The molecule has 88 valence electrons. The van der Waals surface area contributed by atoms with Crippen LogP contribution in [-0.4, -0.2) is 29.7 Å². The Kier molecular flexibility index (Phi) is 5.11. The van der Waals surface area contributed by atoms with Crippen molar-refractivity contribution in [2.24, 2.45) is 5.41 Å². The Morgan fingerprint density at radius 3 is 2.33 bits per heavy atom. The van der Waals surface area contributed by atoms with Gasteiger partial charge in [0.15, 0.2) is 0 Å². The first-order valence-corrected chi connectivity index (χ1v) is 5.05. The molecule has 15 heavy (non-hydrogen) atoms. The van der Waals surface area contributed by atoms with Crippen LogP contribution in [0.5, 0.6) is 0 Å². The largest absolute Gasteiger partial charge is 0.480 e. The van der Waals surface area contributed by atoms with Gasteiger partial charge in [0.05, 0.1) is 0 Å². The molecule has 0 aliphatic rings. The minimum atomic E-state index is -1.04. The zero-order valence-corrected chi connectivity index (χ0v) is 9.76. The first-order chi connectivity index (χ1) is 6.78. The van der Waals surface area contributed by atoms with Crippen LogP contribution in [0, 0.1) is 5.41 Å². The predicted molar refractivity (Wildman–Crippen MR) is 57.7 cm³/mol. The van der Waals surface area contributed by atoms with Crippen LogP contribution < -0.4 is 10.6 Å². The van der Waals surface area contributed by atoms with E-state index in [2.05, 4.69) is 10.6 Å². The number of amides is 2. The summed E-state index contributed by atoms with van der Waals surface area (Å²) < 4.78 is 0. The fourth-order valence-corrected chi connectivity index (χ4v) is 0.754. The monoisotopic (exact) mass is 216 g/mol. The van der Waals surface area contributed by atoms with Crippen molar-refractivity contribution in [1.82, 2.24) is 10.6 Å². The molecule has 0 rings (SSSR count). The summed E-state index contributed by atoms with van der Waals surface area (Å²) in [7, 11) is 0. The van der Waals surface area contributed by atoms with Crippen molar-refractivity contribution in [3.05, 3.63) is 0 Å². The maximum atomic E-state index is 11.2. The number of hydrogen-bond acceptors (Lipinski definition) is 2. The van der Waals surface area contributed by atoms with Gasteiger partial charge in [-0.05, 0) is 18.8 Å². The standard InChI is InChI=1S/C10H20N2O3/c1-5-10(3,4)6-11-9(15)12-7(2)8(13)14/h7H,5-6H2,1-4H3,(H,13,14)(H2,11,12,15)/t7-/m0/s1. The molecule has 0 saturated heterocycles. The van der Waals surface area contributed by atoms with E-state index in [0.717, 1.165) is 6.42 Å². The molecule has 0 unspecified atom stereocenters. The highest BCUT2D eigenvalue weighted by Gasteiger charge is 2.18. The lowest BCUT2D eigenvalue weighted by molar-refractivity contribution is -0.138. The van der Waals surface area contributed by atoms with Gasteiger partial charge in [0.1, 0.15) is 6.04 Å². The second kappa shape index (κ2) is 5.58. The molecule has 2 amide bonds. The third-order valence-electron chi connectivity index (χ3n) is 2.40. The smallest absolute Gasteiger partial charge is 0.325 e. The molecule has 0 aliphatic carbocycles. The second-order valence-electron chi connectivity index (χ2n) is 4.40. The second-order valence-corrected chi connectivity index (χ2v) is 4.40. The third kappa shape index (κ3) is 5.93. The van der Waals surface area contributed by atoms with E-state index < -0.39 is 18.0 Å². The number of rotatable bonds is 5. The van der Waals surface area contributed by atoms with E-state index in [9.17, 15) is 9.59 Å². The van der Waals surface area contributed by atoms with Crippen LogP contribution in [0.3, 0.4) is 0 Å². The molecular weight excluding hydrogens is 196 g/mol. The average Bonchev–Trinajstić information content (AvgIpc) is 2.15. The summed E-state index contributed by atoms with van der Waals surface area (Å²) in [6.45, 7) is 8.07. The van der Waals surface area contributed by atoms with E-state index >= 15 is 0 Å². The predicted octanol–water partition coefficient (Wildman–Crippen LogP) is 1.19. The zero-order valence-electron chi connectivity index (χ0n) is 9.76. The van der Waals surface area contributed by atoms with Crippen molar-refractivity contribution in [2.45, 2.75) is 40.2 Å². The van der Waals surface area contributed by atoms with Gasteiger partial charge in [0, 0.05) is 6.54 Å². The number of nitrogens with one attached hydrogen (secondary N) is 2. The van der Waals surface area contributed by atoms with Crippen LogP contribution >= 0.6 is 0 Å². The summed E-state index contributed by atoms with van der Waals surface area (Å²) in [5.74, 6) is -1.04. The molecule has 5 nitrogen and oxygen atoms in total. The Hall–Kier alpha value is -1.26. The zero-order chi connectivity index (χ0) is 12.1. The molecule has 0 aromatic carbocycles. The summed E-state index contributed by atoms with van der Waals surface area (Å²) in [6.07, 6.45) is 0.946. The molecule has 0 aliphatic heterocycles. The number of carboxylic acids is 1. The number of carboxylic acid groups (broad SMARTS) is 1. The first-order valence-electron chi connectivity index (χ1n) is 5.05. The lowest BCUT2D eigenvalue weighted by Crippen LogP contribution is -2.46. The molecule has 1 atom stereocenters. The van der Waals surface area contributed by atoms with Crippen LogP contribution in [0.15, 0.2) is 0 Å². The maximum absolute atomic E-state index is 11.2. The van der Waals surface area contributed by atoms with Gasteiger partial charge in [-0.3, -0.25) is 4.79 Å². The van der Waals surface area contributed by atoms with Gasteiger partial charge in [0.25, 0.3) is 0 Å². The van der Waals surface area contributed by atoms with Crippen LogP contribution in [0.4, 0.5) is 4.79 Å². The molecular formula is C10H20N2O3. The van der Waals surface area contributed by atoms with Crippen molar-refractivity contribution in [3.8, 4) is 0 Å². The molecule has 0 aromatic rings. The first kappa shape index (κ1) is 13.7. The quantitative estimate of drug-likeness (QED) is 0.646. The summed E-state index contributed by atoms with van der Waals surface area (Å²) in [5, 5.41) is 13.5. The van der Waals surface area contributed by atoms with E-state index in [1.165, 1.54) is 6.92 Å². The van der Waals surface area contributed by atoms with Crippen LogP contribution in [0.25, 0.3) is 0 Å². The van der Waals surface area contributed by atoms with Gasteiger partial charge in [0.2, 0.25) is 0 Å². The Bertz CT molecular complexity index is 239. The molecule has 3 N–H and O–H groups in total. The van der Waals surface area contributed by atoms with E-state index in [-0.39, 0.29) is 5.41 Å². The van der Waals surface area contributed by atoms with E-state index in [4.69, 9.17) is 5.11 Å². The Morgan fingerprint density at radius 2 is 1.93 bits per heavy atom. The summed E-state index contributed by atoms with van der Waals surface area (Å²) >= 11 is 0. The topological polar surface area (TPSA) is 78.4 Å². The number of aliphatic carboxylic acids is 1. The number of hydrogen-bond donors (Lipinski definition) is 3. The number of carbonyl (C=O) groups excluding carboxylic acids is 1. The van der Waals surface area contributed by atoms with Gasteiger partial charge < -0.3 is 15.7 Å². The van der Waals surface area contributed by atoms with E-state index in [1.54, 1.807) is 0 Å². The normalized spacial score (nSPS) is 13.1. The highest BCUT2D eigenvalue weighted by atomic mass is 16.4. The van der Waals surface area contributed by atoms with Gasteiger partial charge in [-0.2, -0.15) is 0 Å². The Balaban J connectivity index is 3.91. The van der Waals surface area contributed by atoms with Crippen molar-refractivity contribution < 1.29 is 14.7 Å². The fourth-order valence-electron chi connectivity index (χ4n) is 0.754. The lowest BCUT2D eigenvalue weighted by Gasteiger charge is -2.23. The van der Waals surface area contributed by atoms with Gasteiger partial charge in [-0.15, -0.1) is 0 Å². The molecule has 0 saturated carbocycles. The van der Waals surface area contributed by atoms with Crippen molar-refractivity contribution in [3.63, 3.8) is 0 Å². The minimum Gasteiger partial charge on any atom is -0.480 e. The summed E-state index contributed by atoms with van der Waals surface area (Å²) in [4.78, 5) is 21.7. The van der Waals surface area contributed by atoms with Crippen LogP contribution in [0.1, 0.15) is 34.1 Å². The number of carbonyl (C=O) groups is 2. The molecule has 0 radical (unpaired) electrons. The van der Waals surface area contributed by atoms with E-state index in [0.29, 0.717) is 6.54 Å². The van der Waals surface area contributed by atoms with E-state index in [1.807, 2.05) is 20.8 Å². The summed E-state index contributed by atoms with van der Waals surface area (Å²) in [5.41, 5.74) is 0.0315. The van der Waals surface area contributed by atoms with Gasteiger partial charge in [-0.1, -0.05) is 20.8 Å². The van der Waals surface area contributed by atoms with Crippen molar-refractivity contribution >= 4 is 12.0 Å². The Morgan fingerprint density at radius 1 is 1.40 bits per heavy atom. The third-order valence-corrected chi connectivity index (χ3v) is 2.40. The maximum Gasteiger partial charge on any atom is 0.325 e. The number of urea groups is 1. The molecule has 0 bridgehead atoms. The Labute approximate surface area is 90.2 Å². The average molecular weight is 216 g/mol. The highest BCUT2D eigenvalue weighted by Crippen LogP contribution is 2.17. The SMILES string of the molecule is CCC(C)(C)CNC(=O)N[C@@H](C)C(=O)O. The fraction of sp³-hybridized carbons (Fsp3) is 0.800. The minimum absolute atomic E-state index is 0.0315.